The van der Waals surface area contributed by atoms with Gasteiger partial charge in [-0.2, -0.15) is 0 Å². The van der Waals surface area contributed by atoms with Crippen molar-refractivity contribution in [1.29, 1.82) is 0 Å². The molecule has 0 radical (unpaired) electrons. The Morgan fingerprint density at radius 1 is 1.04 bits per heavy atom. The first-order valence-corrected chi connectivity index (χ1v) is 9.44. The standard InChI is InChI=1S/C17H23N5OS/c1-14-2-4-15(5-3-14)16-18-19-17-22(16)12-21(13-24-17)7-6-20-8-10-23-11-9-20/h2-5H,6-13H2,1H3. The van der Waals surface area contributed by atoms with E-state index in [0.29, 0.717) is 0 Å². The lowest BCUT2D eigenvalue weighted by Crippen LogP contribution is -2.42. The number of aromatic nitrogens is 3. The first kappa shape index (κ1) is 16.1. The van der Waals surface area contributed by atoms with E-state index in [1.54, 1.807) is 11.8 Å². The molecule has 3 heterocycles. The van der Waals surface area contributed by atoms with Crippen LogP contribution >= 0.6 is 11.8 Å². The Labute approximate surface area is 146 Å². The first-order valence-electron chi connectivity index (χ1n) is 8.45. The zero-order chi connectivity index (χ0) is 16.4. The van der Waals surface area contributed by atoms with Gasteiger partial charge < -0.3 is 4.74 Å². The minimum Gasteiger partial charge on any atom is -0.379 e. The second-order valence-corrected chi connectivity index (χ2v) is 7.28. The molecule has 0 aliphatic carbocycles. The van der Waals surface area contributed by atoms with Crippen molar-refractivity contribution in [3.63, 3.8) is 0 Å². The molecule has 24 heavy (non-hydrogen) atoms. The Balaban J connectivity index is 1.44. The summed E-state index contributed by atoms with van der Waals surface area (Å²) in [5.41, 5.74) is 2.40. The normalized spacial score (nSPS) is 19.4. The molecule has 6 nitrogen and oxygen atoms in total. The largest absolute Gasteiger partial charge is 0.379 e. The third kappa shape index (κ3) is 3.49. The van der Waals surface area contributed by atoms with Gasteiger partial charge in [0.05, 0.1) is 25.8 Å². The van der Waals surface area contributed by atoms with Crippen LogP contribution in [0.4, 0.5) is 0 Å². The monoisotopic (exact) mass is 345 g/mol. The third-order valence-corrected chi connectivity index (χ3v) is 5.63. The average Bonchev–Trinajstić information content (AvgIpc) is 3.05. The quantitative estimate of drug-likeness (QED) is 0.844. The van der Waals surface area contributed by atoms with Gasteiger partial charge in [0.25, 0.3) is 0 Å². The molecule has 0 amide bonds. The molecule has 1 saturated heterocycles. The van der Waals surface area contributed by atoms with Crippen molar-refractivity contribution in [1.82, 2.24) is 24.6 Å². The Morgan fingerprint density at radius 2 is 1.79 bits per heavy atom. The number of benzene rings is 1. The second kappa shape index (κ2) is 7.23. The van der Waals surface area contributed by atoms with Crippen LogP contribution in [0.2, 0.25) is 0 Å². The van der Waals surface area contributed by atoms with Gasteiger partial charge >= 0.3 is 0 Å². The number of morpholine rings is 1. The SMILES string of the molecule is Cc1ccc(-c2nnc3n2CN(CCN2CCOCC2)CS3)cc1. The molecule has 4 rings (SSSR count). The summed E-state index contributed by atoms with van der Waals surface area (Å²) in [5, 5.41) is 9.80. The van der Waals surface area contributed by atoms with Crippen LogP contribution in [0.15, 0.2) is 29.4 Å². The number of fused-ring (bicyclic) bond motifs is 1. The second-order valence-electron chi connectivity index (χ2n) is 6.36. The maximum atomic E-state index is 5.42. The number of nitrogens with zero attached hydrogens (tertiary/aromatic N) is 5. The van der Waals surface area contributed by atoms with Gasteiger partial charge in [-0.05, 0) is 6.92 Å². The summed E-state index contributed by atoms with van der Waals surface area (Å²) >= 11 is 1.77. The fourth-order valence-electron chi connectivity index (χ4n) is 3.07. The van der Waals surface area contributed by atoms with Gasteiger partial charge in [0, 0.05) is 31.7 Å². The highest BCUT2D eigenvalue weighted by molar-refractivity contribution is 7.99. The van der Waals surface area contributed by atoms with Crippen molar-refractivity contribution in [3.05, 3.63) is 29.8 Å². The smallest absolute Gasteiger partial charge is 0.193 e. The van der Waals surface area contributed by atoms with Crippen LogP contribution in [0.25, 0.3) is 11.4 Å². The summed E-state index contributed by atoms with van der Waals surface area (Å²) in [6.45, 7) is 8.96. The van der Waals surface area contributed by atoms with Crippen LogP contribution < -0.4 is 0 Å². The van der Waals surface area contributed by atoms with Gasteiger partial charge in [-0.15, -0.1) is 10.2 Å². The Morgan fingerprint density at radius 3 is 2.58 bits per heavy atom. The molecule has 1 aromatic heterocycles. The number of rotatable bonds is 4. The molecule has 0 atom stereocenters. The van der Waals surface area contributed by atoms with Crippen molar-refractivity contribution in [2.75, 3.05) is 45.3 Å². The lowest BCUT2D eigenvalue weighted by atomic mass is 10.1. The van der Waals surface area contributed by atoms with E-state index in [-0.39, 0.29) is 0 Å². The lowest BCUT2D eigenvalue weighted by Gasteiger charge is -2.32. The summed E-state index contributed by atoms with van der Waals surface area (Å²) in [7, 11) is 0. The van der Waals surface area contributed by atoms with Crippen LogP contribution in [0.5, 0.6) is 0 Å². The number of aryl methyl sites for hydroxylation is 1. The van der Waals surface area contributed by atoms with E-state index >= 15 is 0 Å². The van der Waals surface area contributed by atoms with Gasteiger partial charge in [-0.3, -0.25) is 14.4 Å². The summed E-state index contributed by atoms with van der Waals surface area (Å²) in [4.78, 5) is 4.95. The van der Waals surface area contributed by atoms with Gasteiger partial charge in [0.2, 0.25) is 0 Å². The molecular weight excluding hydrogens is 322 g/mol. The zero-order valence-corrected chi connectivity index (χ0v) is 14.8. The fourth-order valence-corrected chi connectivity index (χ4v) is 3.98. The molecule has 128 valence electrons. The molecular formula is C17H23N5OS. The van der Waals surface area contributed by atoms with Crippen molar-refractivity contribution < 1.29 is 4.74 Å². The van der Waals surface area contributed by atoms with E-state index in [1.165, 1.54) is 5.56 Å². The van der Waals surface area contributed by atoms with E-state index < -0.39 is 0 Å². The summed E-state index contributed by atoms with van der Waals surface area (Å²) < 4.78 is 7.65. The van der Waals surface area contributed by atoms with Crippen LogP contribution in [-0.4, -0.2) is 69.8 Å². The topological polar surface area (TPSA) is 46.4 Å². The Kier molecular flexibility index (Phi) is 4.84. The maximum Gasteiger partial charge on any atom is 0.193 e. The molecule has 2 aliphatic heterocycles. The molecule has 1 fully saturated rings. The third-order valence-electron chi connectivity index (χ3n) is 4.58. The van der Waals surface area contributed by atoms with E-state index in [4.69, 9.17) is 4.74 Å². The van der Waals surface area contributed by atoms with Gasteiger partial charge in [0.15, 0.2) is 11.0 Å². The number of ether oxygens (including phenoxy) is 1. The van der Waals surface area contributed by atoms with Crippen LogP contribution in [0.1, 0.15) is 5.56 Å². The molecule has 7 heteroatoms. The summed E-state index contributed by atoms with van der Waals surface area (Å²) in [6.07, 6.45) is 0. The van der Waals surface area contributed by atoms with Crippen LogP contribution in [0.3, 0.4) is 0 Å². The fraction of sp³-hybridized carbons (Fsp3) is 0.529. The average molecular weight is 345 g/mol. The van der Waals surface area contributed by atoms with E-state index in [2.05, 4.69) is 55.8 Å². The minimum absolute atomic E-state index is 0.863. The molecule has 1 aromatic carbocycles. The highest BCUT2D eigenvalue weighted by Crippen LogP contribution is 2.28. The number of hydrogen-bond donors (Lipinski definition) is 0. The van der Waals surface area contributed by atoms with Crippen LogP contribution in [-0.2, 0) is 11.4 Å². The first-order chi connectivity index (χ1) is 11.8. The van der Waals surface area contributed by atoms with E-state index in [9.17, 15) is 0 Å². The predicted octanol–water partition coefficient (Wildman–Crippen LogP) is 1.91. The Hall–Kier alpha value is -1.41. The number of thioether (sulfide) groups is 1. The molecule has 2 aromatic rings. The van der Waals surface area contributed by atoms with Crippen molar-refractivity contribution in [2.45, 2.75) is 18.7 Å². The molecule has 0 spiro atoms. The summed E-state index contributed by atoms with van der Waals surface area (Å²) in [5.74, 6) is 1.95. The minimum atomic E-state index is 0.863. The molecule has 0 N–H and O–H groups in total. The lowest BCUT2D eigenvalue weighted by molar-refractivity contribution is 0.0325. The predicted molar refractivity (Wildman–Crippen MR) is 94.9 cm³/mol. The molecule has 2 aliphatic rings. The van der Waals surface area contributed by atoms with E-state index in [0.717, 1.165) is 68.5 Å². The van der Waals surface area contributed by atoms with Gasteiger partial charge in [-0.1, -0.05) is 41.6 Å². The molecule has 0 bridgehead atoms. The number of hydrogen-bond acceptors (Lipinski definition) is 6. The van der Waals surface area contributed by atoms with Crippen LogP contribution in [0, 0.1) is 6.92 Å². The maximum absolute atomic E-state index is 5.42. The highest BCUT2D eigenvalue weighted by Gasteiger charge is 2.23. The van der Waals surface area contributed by atoms with Gasteiger partial charge in [0.1, 0.15) is 0 Å². The Bertz CT molecular complexity index is 681. The van der Waals surface area contributed by atoms with E-state index in [1.807, 2.05) is 0 Å². The molecule has 0 saturated carbocycles. The van der Waals surface area contributed by atoms with Crippen molar-refractivity contribution in [3.8, 4) is 11.4 Å². The van der Waals surface area contributed by atoms with Crippen molar-refractivity contribution in [2.24, 2.45) is 0 Å². The molecule has 0 unspecified atom stereocenters. The van der Waals surface area contributed by atoms with Gasteiger partial charge in [-0.25, -0.2) is 0 Å². The summed E-state index contributed by atoms with van der Waals surface area (Å²) in [6, 6.07) is 8.51. The van der Waals surface area contributed by atoms with Crippen molar-refractivity contribution >= 4 is 11.8 Å². The highest BCUT2D eigenvalue weighted by atomic mass is 32.2. The zero-order valence-electron chi connectivity index (χ0n) is 14.0.